The predicted octanol–water partition coefficient (Wildman–Crippen LogP) is -3.55. The lowest BCUT2D eigenvalue weighted by atomic mass is 9.92. The SMILES string of the molecule is CCCCCC/C=C\CCCCCCCCCC(=O)NC1[C@H](O[C@@H]2C(CO)O[C@@H](O[C@@H]3C(CO)O[C@@H](O[C@@H]4C(CO)O[C@@H](O[C@@H]5C(CO)O[C@@H](C)C(NC(C)=O)[C@H]5O)C(NC(C)=O)[C@H]4O)C(NC(C)=O)[C@H]3O)C(NC(C)=O)[C@H]2O)OC(COC(C)=O)[C@@H](O)[C@@H]1O. The van der Waals surface area contributed by atoms with E-state index in [1.54, 1.807) is 0 Å². The molecule has 5 rings (SSSR count). The second-order valence-corrected chi connectivity index (χ2v) is 23.8. The first-order valence-corrected chi connectivity index (χ1v) is 31.5. The zero-order valence-electron chi connectivity index (χ0n) is 52.5. The standard InChI is InChI=1S/C59H101N5O26/c1-8-9-10-11-12-13-14-15-16-17-18-19-20-21-22-23-40(74)64-42-47(76)46(75)39(28-81-34(7)73)86-56(42)88-53-36(25-66)84-58(44(49(53)78)62-32(5)71)90-55-38(27-68)85-59(45(51(55)80)63-33(6)72)89-54-37(26-67)83-57(43(50(54)79)61-31(4)70)87-52-35(24-65)82-29(2)41(48(52)77)60-30(3)69/h13-14,29,35-39,41-59,65-68,75-80H,8-12,15-28H2,1-7H3,(H,60,69)(H,61,70)(H,62,71)(H,63,72)(H,64,74)/b14-13-/t29-,35?,36?,37?,38?,39?,41?,42?,43?,44?,45?,46+,47+,48+,49+,50+,51+,52+,53+,54+,55+,56-,57-,58-,59-/m0/s1. The normalized spacial score (nSPS) is 37.2. The third kappa shape index (κ3) is 21.9. The van der Waals surface area contributed by atoms with Crippen LogP contribution in [-0.2, 0) is 76.1 Å². The van der Waals surface area contributed by atoms with Crippen LogP contribution in [0.25, 0.3) is 0 Å². The van der Waals surface area contributed by atoms with Gasteiger partial charge in [0.25, 0.3) is 0 Å². The first kappa shape index (κ1) is 76.5. The van der Waals surface area contributed by atoms with Gasteiger partial charge < -0.3 is 125 Å². The fourth-order valence-corrected chi connectivity index (χ4v) is 11.9. The Kier molecular flexibility index (Phi) is 32.5. The van der Waals surface area contributed by atoms with Crippen LogP contribution in [0, 0.1) is 0 Å². The number of aliphatic hydroxyl groups is 10. The summed E-state index contributed by atoms with van der Waals surface area (Å²) in [7, 11) is 0. The molecule has 31 heteroatoms. The Morgan fingerprint density at radius 3 is 1.09 bits per heavy atom. The highest BCUT2D eigenvalue weighted by Crippen LogP contribution is 2.36. The molecule has 5 aliphatic heterocycles. The molecule has 0 aromatic carbocycles. The maximum atomic E-state index is 13.5. The highest BCUT2D eigenvalue weighted by molar-refractivity contribution is 5.76. The van der Waals surface area contributed by atoms with Gasteiger partial charge >= 0.3 is 5.97 Å². The third-order valence-corrected chi connectivity index (χ3v) is 16.5. The van der Waals surface area contributed by atoms with Crippen molar-refractivity contribution < 1.29 is 127 Å². The van der Waals surface area contributed by atoms with Gasteiger partial charge in [0.05, 0.1) is 38.6 Å². The predicted molar refractivity (Wildman–Crippen MR) is 311 cm³/mol. The molecule has 5 heterocycles. The van der Waals surface area contributed by atoms with Crippen molar-refractivity contribution in [1.82, 2.24) is 26.6 Å². The van der Waals surface area contributed by atoms with Gasteiger partial charge in [0.2, 0.25) is 29.5 Å². The van der Waals surface area contributed by atoms with E-state index in [1.807, 2.05) is 0 Å². The van der Waals surface area contributed by atoms with Crippen LogP contribution in [0.5, 0.6) is 0 Å². The lowest BCUT2D eigenvalue weighted by molar-refractivity contribution is -0.366. The van der Waals surface area contributed by atoms with Crippen LogP contribution in [-0.4, -0.2) is 273 Å². The molecule has 0 spiro atoms. The maximum Gasteiger partial charge on any atom is 0.302 e. The second kappa shape index (κ2) is 38.2. The number of hydrogen-bond donors (Lipinski definition) is 15. The molecule has 5 amide bonds. The highest BCUT2D eigenvalue weighted by atomic mass is 16.8. The molecule has 0 saturated carbocycles. The van der Waals surface area contributed by atoms with Gasteiger partial charge in [0.1, 0.15) is 122 Å². The Labute approximate surface area is 524 Å². The molecule has 5 fully saturated rings. The number of allylic oxidation sites excluding steroid dienone is 2. The van der Waals surface area contributed by atoms with Crippen LogP contribution in [0.2, 0.25) is 0 Å². The molecule has 25 atom stereocenters. The zero-order valence-corrected chi connectivity index (χ0v) is 52.5. The molecule has 0 aromatic rings. The topological polar surface area (TPSA) is 457 Å². The summed E-state index contributed by atoms with van der Waals surface area (Å²) in [4.78, 5) is 75.8. The summed E-state index contributed by atoms with van der Waals surface area (Å²) < 4.78 is 60.0. The quantitative estimate of drug-likeness (QED) is 0.0169. The van der Waals surface area contributed by atoms with Gasteiger partial charge in [-0.2, -0.15) is 0 Å². The van der Waals surface area contributed by atoms with Crippen molar-refractivity contribution in [3.63, 3.8) is 0 Å². The van der Waals surface area contributed by atoms with Crippen LogP contribution in [0.3, 0.4) is 0 Å². The van der Waals surface area contributed by atoms with Crippen LogP contribution in [0.1, 0.15) is 138 Å². The van der Waals surface area contributed by atoms with E-state index in [2.05, 4.69) is 45.7 Å². The summed E-state index contributed by atoms with van der Waals surface area (Å²) in [6, 6.07) is -7.63. The van der Waals surface area contributed by atoms with Crippen molar-refractivity contribution in [1.29, 1.82) is 0 Å². The van der Waals surface area contributed by atoms with Crippen LogP contribution in [0.15, 0.2) is 12.2 Å². The zero-order chi connectivity index (χ0) is 66.4. The van der Waals surface area contributed by atoms with Crippen molar-refractivity contribution in [3.8, 4) is 0 Å². The molecule has 10 unspecified atom stereocenters. The smallest absolute Gasteiger partial charge is 0.302 e. The first-order chi connectivity index (χ1) is 42.9. The number of rotatable bonds is 34. The summed E-state index contributed by atoms with van der Waals surface area (Å²) in [6.07, 6.45) is -15.5. The molecule has 15 N–H and O–H groups in total. The van der Waals surface area contributed by atoms with Gasteiger partial charge in [-0.25, -0.2) is 0 Å². The Bertz CT molecular complexity index is 2240. The van der Waals surface area contributed by atoms with E-state index in [0.29, 0.717) is 6.42 Å². The van der Waals surface area contributed by atoms with Crippen molar-refractivity contribution >= 4 is 35.5 Å². The van der Waals surface area contributed by atoms with Crippen molar-refractivity contribution in [2.45, 2.75) is 291 Å². The van der Waals surface area contributed by atoms with Gasteiger partial charge in [-0.05, 0) is 39.0 Å². The summed E-state index contributed by atoms with van der Waals surface area (Å²) in [5, 5.41) is 126. The van der Waals surface area contributed by atoms with Gasteiger partial charge in [0, 0.05) is 41.0 Å². The van der Waals surface area contributed by atoms with E-state index in [9.17, 15) is 79.8 Å². The summed E-state index contributed by atoms with van der Waals surface area (Å²) >= 11 is 0. The number of aliphatic hydroxyl groups excluding tert-OH is 10. The molecule has 0 aromatic heterocycles. The lowest BCUT2D eigenvalue weighted by Crippen LogP contribution is -2.72. The highest BCUT2D eigenvalue weighted by Gasteiger charge is 2.58. The average molecular weight is 1300 g/mol. The summed E-state index contributed by atoms with van der Waals surface area (Å²) in [6.45, 7) is 5.06. The second-order valence-electron chi connectivity index (χ2n) is 23.8. The molecule has 31 nitrogen and oxygen atoms in total. The fraction of sp³-hybridized carbons (Fsp3) is 0.864. The molecule has 0 bridgehead atoms. The van der Waals surface area contributed by atoms with E-state index >= 15 is 0 Å². The van der Waals surface area contributed by atoms with E-state index in [4.69, 9.17) is 47.4 Å². The molecule has 0 aliphatic carbocycles. The van der Waals surface area contributed by atoms with Crippen molar-refractivity contribution in [2.24, 2.45) is 0 Å². The summed E-state index contributed by atoms with van der Waals surface area (Å²) in [5.41, 5.74) is 0. The van der Waals surface area contributed by atoms with Gasteiger partial charge in [0.15, 0.2) is 25.2 Å². The average Bonchev–Trinajstić information content (AvgIpc) is 0.805. The van der Waals surface area contributed by atoms with Crippen molar-refractivity contribution in [3.05, 3.63) is 12.2 Å². The van der Waals surface area contributed by atoms with E-state index in [1.165, 1.54) is 39.5 Å². The minimum absolute atomic E-state index is 0.0142. The number of unbranched alkanes of at least 4 members (excludes halogenated alkanes) is 11. The molecular formula is C59H101N5O26. The number of nitrogens with one attached hydrogen (secondary N) is 5. The number of amides is 5. The van der Waals surface area contributed by atoms with E-state index in [0.717, 1.165) is 79.1 Å². The monoisotopic (exact) mass is 1300 g/mol. The van der Waals surface area contributed by atoms with Crippen molar-refractivity contribution in [2.75, 3.05) is 33.0 Å². The number of ether oxygens (including phenoxy) is 10. The number of esters is 1. The van der Waals surface area contributed by atoms with E-state index < -0.39 is 222 Å². The minimum atomic E-state index is -2.00. The molecule has 5 aliphatic rings. The Hall–Kier alpha value is -4.20. The first-order valence-electron chi connectivity index (χ1n) is 31.5. The lowest BCUT2D eigenvalue weighted by Gasteiger charge is -2.51. The summed E-state index contributed by atoms with van der Waals surface area (Å²) in [5.74, 6) is -4.16. The Morgan fingerprint density at radius 1 is 0.400 bits per heavy atom. The Morgan fingerprint density at radius 2 is 0.722 bits per heavy atom. The Balaban J connectivity index is 1.31. The number of carbonyl (C=O) groups excluding carboxylic acids is 6. The fourth-order valence-electron chi connectivity index (χ4n) is 11.9. The van der Waals surface area contributed by atoms with Crippen LogP contribution >= 0.6 is 0 Å². The van der Waals surface area contributed by atoms with Gasteiger partial charge in [-0.3, -0.25) is 28.8 Å². The van der Waals surface area contributed by atoms with E-state index in [-0.39, 0.29) is 6.42 Å². The molecule has 518 valence electrons. The minimum Gasteiger partial charge on any atom is -0.463 e. The molecule has 0 radical (unpaired) electrons. The third-order valence-electron chi connectivity index (χ3n) is 16.5. The largest absolute Gasteiger partial charge is 0.463 e. The maximum absolute atomic E-state index is 13.5. The van der Waals surface area contributed by atoms with Crippen LogP contribution in [0.4, 0.5) is 0 Å². The molecule has 90 heavy (non-hydrogen) atoms. The van der Waals surface area contributed by atoms with Gasteiger partial charge in [-0.1, -0.05) is 70.4 Å². The van der Waals surface area contributed by atoms with Crippen LogP contribution < -0.4 is 26.6 Å². The van der Waals surface area contributed by atoms with Gasteiger partial charge in [-0.15, -0.1) is 0 Å². The molecular weight excluding hydrogens is 1190 g/mol. The molecule has 5 saturated heterocycles. The number of carbonyl (C=O) groups is 6. The number of hydrogen-bond acceptors (Lipinski definition) is 26.